The number of hydrogen-bond acceptors (Lipinski definition) is 4. The van der Waals surface area contributed by atoms with Gasteiger partial charge in [0.25, 0.3) is 0 Å². The molecule has 0 spiro atoms. The first-order chi connectivity index (χ1) is 9.56. The number of nitrogens with zero attached hydrogens (tertiary/aromatic N) is 3. The summed E-state index contributed by atoms with van der Waals surface area (Å²) in [6, 6.07) is 3.87. The maximum Gasteiger partial charge on any atom is 0.0738 e. The van der Waals surface area contributed by atoms with Gasteiger partial charge in [-0.05, 0) is 57.8 Å². The van der Waals surface area contributed by atoms with Gasteiger partial charge in [0.2, 0.25) is 0 Å². The van der Waals surface area contributed by atoms with Crippen molar-refractivity contribution in [2.24, 2.45) is 5.84 Å². The predicted octanol–water partition coefficient (Wildman–Crippen LogP) is 2.88. The summed E-state index contributed by atoms with van der Waals surface area (Å²) in [4.78, 5) is 4.40. The molecular formula is C13H17Br2N5. The van der Waals surface area contributed by atoms with Crippen molar-refractivity contribution in [2.45, 2.75) is 32.9 Å². The highest BCUT2D eigenvalue weighted by molar-refractivity contribution is 9.10. The van der Waals surface area contributed by atoms with Gasteiger partial charge in [-0.3, -0.25) is 20.9 Å². The second-order valence-electron chi connectivity index (χ2n) is 4.49. The number of pyridine rings is 1. The molecule has 0 saturated heterocycles. The number of halogens is 2. The summed E-state index contributed by atoms with van der Waals surface area (Å²) in [6.45, 7) is 4.89. The molecule has 7 heteroatoms. The van der Waals surface area contributed by atoms with E-state index in [1.54, 1.807) is 6.20 Å². The lowest BCUT2D eigenvalue weighted by molar-refractivity contribution is 0.506. The number of nitrogens with two attached hydrogens (primary N) is 1. The Balaban J connectivity index is 2.28. The summed E-state index contributed by atoms with van der Waals surface area (Å²) in [5, 5.41) is 4.50. The molecule has 20 heavy (non-hydrogen) atoms. The molecule has 0 aliphatic carbocycles. The fourth-order valence-corrected chi connectivity index (χ4v) is 2.78. The van der Waals surface area contributed by atoms with E-state index in [4.69, 9.17) is 5.84 Å². The van der Waals surface area contributed by atoms with E-state index in [0.717, 1.165) is 39.0 Å². The molecule has 0 aliphatic rings. The van der Waals surface area contributed by atoms with Crippen molar-refractivity contribution in [3.63, 3.8) is 0 Å². The van der Waals surface area contributed by atoms with Gasteiger partial charge in [-0.1, -0.05) is 0 Å². The van der Waals surface area contributed by atoms with Crippen LogP contribution in [0.1, 0.15) is 30.0 Å². The Kier molecular flexibility index (Phi) is 5.31. The first-order valence-corrected chi connectivity index (χ1v) is 7.94. The minimum absolute atomic E-state index is 0.0548. The molecule has 0 aliphatic heterocycles. The van der Waals surface area contributed by atoms with Gasteiger partial charge in [0.15, 0.2) is 0 Å². The van der Waals surface area contributed by atoms with Crippen LogP contribution in [0.25, 0.3) is 0 Å². The fraction of sp³-hybridized carbons (Fsp3) is 0.385. The smallest absolute Gasteiger partial charge is 0.0738 e. The summed E-state index contributed by atoms with van der Waals surface area (Å²) >= 11 is 6.99. The molecule has 0 amide bonds. The van der Waals surface area contributed by atoms with Gasteiger partial charge < -0.3 is 0 Å². The van der Waals surface area contributed by atoms with Crippen molar-refractivity contribution in [1.29, 1.82) is 0 Å². The molecule has 2 aromatic heterocycles. The summed E-state index contributed by atoms with van der Waals surface area (Å²) in [6.07, 6.45) is 2.50. The highest BCUT2D eigenvalue weighted by atomic mass is 79.9. The standard InChI is InChI=1S/C13H17Br2N5/c1-3-20-12(13(15)8(2)19-20)6-11(18-16)10-5-4-9(14)7-17-10/h4-5,7,11,18H,3,6,16H2,1-2H3. The van der Waals surface area contributed by atoms with Gasteiger partial charge in [-0.15, -0.1) is 0 Å². The SMILES string of the molecule is CCn1nc(C)c(Br)c1CC(NN)c1ccc(Br)cn1. The van der Waals surface area contributed by atoms with E-state index in [1.165, 1.54) is 0 Å². The first kappa shape index (κ1) is 15.6. The van der Waals surface area contributed by atoms with Crippen molar-refractivity contribution >= 4 is 31.9 Å². The second kappa shape index (κ2) is 6.80. The number of nitrogens with one attached hydrogen (secondary N) is 1. The molecule has 2 aromatic rings. The largest absolute Gasteiger partial charge is 0.271 e. The van der Waals surface area contributed by atoms with Crippen molar-refractivity contribution in [2.75, 3.05) is 0 Å². The van der Waals surface area contributed by atoms with Crippen LogP contribution in [0.2, 0.25) is 0 Å². The third kappa shape index (κ3) is 3.28. The lowest BCUT2D eigenvalue weighted by Crippen LogP contribution is -2.31. The minimum atomic E-state index is -0.0548. The lowest BCUT2D eigenvalue weighted by Gasteiger charge is -2.16. The highest BCUT2D eigenvalue weighted by Gasteiger charge is 2.19. The summed E-state index contributed by atoms with van der Waals surface area (Å²) < 4.78 is 3.98. The molecule has 108 valence electrons. The molecule has 2 heterocycles. The summed E-state index contributed by atoms with van der Waals surface area (Å²) in [5.41, 5.74) is 5.85. The van der Waals surface area contributed by atoms with E-state index >= 15 is 0 Å². The van der Waals surface area contributed by atoms with Crippen LogP contribution < -0.4 is 11.3 Å². The third-order valence-corrected chi connectivity index (χ3v) is 4.66. The molecular weight excluding hydrogens is 386 g/mol. The lowest BCUT2D eigenvalue weighted by atomic mass is 10.1. The minimum Gasteiger partial charge on any atom is -0.271 e. The Hall–Kier alpha value is -0.760. The highest BCUT2D eigenvalue weighted by Crippen LogP contribution is 2.26. The van der Waals surface area contributed by atoms with Crippen LogP contribution in [-0.4, -0.2) is 14.8 Å². The van der Waals surface area contributed by atoms with E-state index < -0.39 is 0 Å². The zero-order valence-corrected chi connectivity index (χ0v) is 14.6. The second-order valence-corrected chi connectivity index (χ2v) is 6.20. The van der Waals surface area contributed by atoms with Crippen LogP contribution in [0, 0.1) is 6.92 Å². The molecule has 0 bridgehead atoms. The normalized spacial score (nSPS) is 12.7. The number of aryl methyl sites for hydroxylation is 2. The van der Waals surface area contributed by atoms with E-state index in [1.807, 2.05) is 23.7 Å². The van der Waals surface area contributed by atoms with E-state index in [9.17, 15) is 0 Å². The maximum absolute atomic E-state index is 5.69. The Morgan fingerprint density at radius 3 is 2.70 bits per heavy atom. The van der Waals surface area contributed by atoms with Crippen LogP contribution in [0.5, 0.6) is 0 Å². The fourth-order valence-electron chi connectivity index (χ4n) is 2.10. The molecule has 5 nitrogen and oxygen atoms in total. The van der Waals surface area contributed by atoms with E-state index in [0.29, 0.717) is 0 Å². The Labute approximate surface area is 135 Å². The molecule has 1 unspecified atom stereocenters. The Morgan fingerprint density at radius 1 is 1.40 bits per heavy atom. The topological polar surface area (TPSA) is 68.8 Å². The van der Waals surface area contributed by atoms with E-state index in [-0.39, 0.29) is 6.04 Å². The molecule has 0 aromatic carbocycles. The number of hydrazine groups is 1. The van der Waals surface area contributed by atoms with Gasteiger partial charge in [0.05, 0.1) is 27.6 Å². The van der Waals surface area contributed by atoms with Gasteiger partial charge in [0, 0.05) is 23.6 Å². The zero-order chi connectivity index (χ0) is 14.7. The molecule has 3 N–H and O–H groups in total. The van der Waals surface area contributed by atoms with Crippen molar-refractivity contribution in [3.05, 3.63) is 44.4 Å². The monoisotopic (exact) mass is 401 g/mol. The first-order valence-electron chi connectivity index (χ1n) is 6.36. The van der Waals surface area contributed by atoms with Crippen LogP contribution in [0.15, 0.2) is 27.3 Å². The molecule has 0 saturated carbocycles. The predicted molar refractivity (Wildman–Crippen MR) is 86.0 cm³/mol. The Morgan fingerprint density at radius 2 is 2.15 bits per heavy atom. The molecule has 1 atom stereocenters. The van der Waals surface area contributed by atoms with Crippen molar-refractivity contribution < 1.29 is 0 Å². The third-order valence-electron chi connectivity index (χ3n) is 3.16. The Bertz CT molecular complexity index is 579. The average molecular weight is 403 g/mol. The van der Waals surface area contributed by atoms with E-state index in [2.05, 4.69) is 54.3 Å². The van der Waals surface area contributed by atoms with Crippen LogP contribution in [0.3, 0.4) is 0 Å². The maximum atomic E-state index is 5.69. The number of aromatic nitrogens is 3. The molecule has 0 fully saturated rings. The van der Waals surface area contributed by atoms with Crippen LogP contribution >= 0.6 is 31.9 Å². The number of rotatable bonds is 5. The van der Waals surface area contributed by atoms with Crippen LogP contribution in [0.4, 0.5) is 0 Å². The van der Waals surface area contributed by atoms with Crippen molar-refractivity contribution in [3.8, 4) is 0 Å². The summed E-state index contributed by atoms with van der Waals surface area (Å²) in [5.74, 6) is 5.69. The van der Waals surface area contributed by atoms with Gasteiger partial charge in [0.1, 0.15) is 0 Å². The summed E-state index contributed by atoms with van der Waals surface area (Å²) in [7, 11) is 0. The van der Waals surface area contributed by atoms with Crippen LogP contribution in [-0.2, 0) is 13.0 Å². The van der Waals surface area contributed by atoms with Gasteiger partial charge >= 0.3 is 0 Å². The molecule has 2 rings (SSSR count). The van der Waals surface area contributed by atoms with Gasteiger partial charge in [-0.25, -0.2) is 0 Å². The van der Waals surface area contributed by atoms with Crippen molar-refractivity contribution in [1.82, 2.24) is 20.2 Å². The quantitative estimate of drug-likeness (QED) is 0.595. The number of hydrogen-bond donors (Lipinski definition) is 2. The zero-order valence-electron chi connectivity index (χ0n) is 11.4. The average Bonchev–Trinajstić information content (AvgIpc) is 2.73. The van der Waals surface area contributed by atoms with Gasteiger partial charge in [-0.2, -0.15) is 5.10 Å². The molecule has 0 radical (unpaired) electrons.